The van der Waals surface area contributed by atoms with Crippen LogP contribution in [0, 0.1) is 0 Å². The maximum absolute atomic E-state index is 12.2. The Morgan fingerprint density at radius 3 is 2.77 bits per heavy atom. The number of fused-ring (bicyclic) bond motifs is 2. The zero-order valence-corrected chi connectivity index (χ0v) is 18.1. The van der Waals surface area contributed by atoms with Crippen molar-refractivity contribution in [2.24, 2.45) is 0 Å². The van der Waals surface area contributed by atoms with Crippen LogP contribution in [0.5, 0.6) is 0 Å². The van der Waals surface area contributed by atoms with Crippen LogP contribution in [0.2, 0.25) is 0 Å². The first-order chi connectivity index (χ1) is 15.2. The van der Waals surface area contributed by atoms with Crippen molar-refractivity contribution in [3.05, 3.63) is 47.4 Å². The molecule has 1 aliphatic carbocycles. The van der Waals surface area contributed by atoms with Crippen LogP contribution in [-0.4, -0.2) is 45.2 Å². The molecule has 1 saturated carbocycles. The number of carbonyl (C=O) groups excluding carboxylic acids is 1. The molecule has 2 aliphatic heterocycles. The molecule has 0 atom stereocenters. The molecular formula is C25H29N5O. The van der Waals surface area contributed by atoms with E-state index in [1.807, 2.05) is 11.1 Å². The summed E-state index contributed by atoms with van der Waals surface area (Å²) in [6.45, 7) is 5.17. The summed E-state index contributed by atoms with van der Waals surface area (Å²) < 4.78 is 2.30. The molecule has 2 fully saturated rings. The molecule has 0 unspecified atom stereocenters. The third-order valence-electron chi connectivity index (χ3n) is 7.22. The Labute approximate surface area is 182 Å². The second kappa shape index (κ2) is 7.45. The predicted molar refractivity (Wildman–Crippen MR) is 121 cm³/mol. The van der Waals surface area contributed by atoms with E-state index in [-0.39, 0.29) is 5.91 Å². The number of carbonyl (C=O) groups is 1. The number of nitrogens with zero attached hydrogens (tertiary/aromatic N) is 4. The normalized spacial score (nSPS) is 19.6. The first-order valence-electron chi connectivity index (χ1n) is 11.6. The Morgan fingerprint density at radius 1 is 1.16 bits per heavy atom. The zero-order valence-electron chi connectivity index (χ0n) is 18.1. The Bertz CT molecular complexity index is 1160. The summed E-state index contributed by atoms with van der Waals surface area (Å²) in [5.41, 5.74) is 5.93. The van der Waals surface area contributed by atoms with E-state index in [9.17, 15) is 4.79 Å². The molecule has 1 amide bonds. The van der Waals surface area contributed by atoms with E-state index in [0.29, 0.717) is 18.5 Å². The molecule has 3 aliphatic rings. The molecule has 6 heteroatoms. The minimum absolute atomic E-state index is 0.139. The monoisotopic (exact) mass is 415 g/mol. The van der Waals surface area contributed by atoms with Gasteiger partial charge < -0.3 is 10.2 Å². The van der Waals surface area contributed by atoms with Crippen LogP contribution in [0.1, 0.15) is 61.5 Å². The quantitative estimate of drug-likeness (QED) is 0.707. The average Bonchev–Trinajstić information content (AvgIpc) is 3.59. The van der Waals surface area contributed by atoms with E-state index < -0.39 is 0 Å². The maximum Gasteiger partial charge on any atom is 0.219 e. The van der Waals surface area contributed by atoms with Crippen LogP contribution in [0.15, 0.2) is 30.5 Å². The second-order valence-electron chi connectivity index (χ2n) is 9.30. The van der Waals surface area contributed by atoms with Crippen LogP contribution >= 0.6 is 0 Å². The number of aromatic nitrogens is 3. The summed E-state index contributed by atoms with van der Waals surface area (Å²) in [4.78, 5) is 18.9. The molecule has 0 bridgehead atoms. The van der Waals surface area contributed by atoms with E-state index in [0.717, 1.165) is 55.5 Å². The molecule has 160 valence electrons. The average molecular weight is 416 g/mol. The minimum Gasteiger partial charge on any atom is -0.338 e. The summed E-state index contributed by atoms with van der Waals surface area (Å²) in [5.74, 6) is 0.781. The highest BCUT2D eigenvalue weighted by molar-refractivity contribution is 5.96. The summed E-state index contributed by atoms with van der Waals surface area (Å²) in [5, 5.41) is 11.1. The molecule has 6 nitrogen and oxygen atoms in total. The molecule has 3 aromatic rings. The van der Waals surface area contributed by atoms with Gasteiger partial charge in [0.15, 0.2) is 0 Å². The third-order valence-corrected chi connectivity index (χ3v) is 7.22. The summed E-state index contributed by atoms with van der Waals surface area (Å²) in [6, 6.07) is 9.18. The van der Waals surface area contributed by atoms with Crippen LogP contribution < -0.4 is 5.32 Å². The van der Waals surface area contributed by atoms with Gasteiger partial charge in [-0.25, -0.2) is 0 Å². The highest BCUT2D eigenvalue weighted by Crippen LogP contribution is 2.41. The Hall–Kier alpha value is -2.73. The molecular weight excluding hydrogens is 386 g/mol. The molecule has 0 radical (unpaired) electrons. The van der Waals surface area contributed by atoms with Crippen LogP contribution in [-0.2, 0) is 17.8 Å². The van der Waals surface area contributed by atoms with Crippen molar-refractivity contribution in [1.82, 2.24) is 25.0 Å². The highest BCUT2D eigenvalue weighted by Gasteiger charge is 2.31. The smallest absolute Gasteiger partial charge is 0.219 e. The number of piperidine rings is 1. The third kappa shape index (κ3) is 3.33. The van der Waals surface area contributed by atoms with Crippen LogP contribution in [0.25, 0.3) is 22.0 Å². The standard InChI is InChI=1S/C25H29N5O/c1-16(31)29-12-9-24-22(15-29)25(28-30(24)19-7-10-26-11-8-19)20-4-2-3-18-13-23(17-5-6-17)27-14-21(18)20/h2-4,13-14,17,19,26H,5-12,15H2,1H3. The lowest BCUT2D eigenvalue weighted by molar-refractivity contribution is -0.129. The number of rotatable bonds is 3. The summed E-state index contributed by atoms with van der Waals surface area (Å²) >= 11 is 0. The zero-order chi connectivity index (χ0) is 20.9. The van der Waals surface area contributed by atoms with E-state index in [4.69, 9.17) is 10.1 Å². The van der Waals surface area contributed by atoms with Crippen molar-refractivity contribution in [1.29, 1.82) is 0 Å². The largest absolute Gasteiger partial charge is 0.338 e. The molecule has 4 heterocycles. The molecule has 1 saturated heterocycles. The SMILES string of the molecule is CC(=O)N1CCc2c(c(-c3cccc4cc(C5CC5)ncc34)nn2C2CCNCC2)C1. The lowest BCUT2D eigenvalue weighted by Crippen LogP contribution is -2.36. The molecule has 1 aromatic carbocycles. The second-order valence-corrected chi connectivity index (χ2v) is 9.30. The van der Waals surface area contributed by atoms with Crippen molar-refractivity contribution >= 4 is 16.7 Å². The number of pyridine rings is 1. The van der Waals surface area contributed by atoms with Crippen LogP contribution in [0.3, 0.4) is 0 Å². The Kier molecular flexibility index (Phi) is 4.56. The van der Waals surface area contributed by atoms with Gasteiger partial charge >= 0.3 is 0 Å². The van der Waals surface area contributed by atoms with Crippen molar-refractivity contribution in [2.45, 2.75) is 57.5 Å². The minimum atomic E-state index is 0.139. The maximum atomic E-state index is 12.2. The van der Waals surface area contributed by atoms with E-state index in [2.05, 4.69) is 34.3 Å². The van der Waals surface area contributed by atoms with Gasteiger partial charge in [0.05, 0.1) is 11.7 Å². The van der Waals surface area contributed by atoms with Gasteiger partial charge in [-0.2, -0.15) is 5.10 Å². The Morgan fingerprint density at radius 2 is 2.00 bits per heavy atom. The summed E-state index contributed by atoms with van der Waals surface area (Å²) in [6.07, 6.45) is 7.64. The van der Waals surface area contributed by atoms with Crippen molar-refractivity contribution < 1.29 is 4.79 Å². The van der Waals surface area contributed by atoms with E-state index >= 15 is 0 Å². The first-order valence-corrected chi connectivity index (χ1v) is 11.6. The summed E-state index contributed by atoms with van der Waals surface area (Å²) in [7, 11) is 0. The molecule has 0 spiro atoms. The molecule has 2 aromatic heterocycles. The van der Waals surface area contributed by atoms with Crippen molar-refractivity contribution in [3.63, 3.8) is 0 Å². The van der Waals surface area contributed by atoms with Crippen molar-refractivity contribution in [3.8, 4) is 11.3 Å². The molecule has 1 N–H and O–H groups in total. The van der Waals surface area contributed by atoms with Crippen LogP contribution in [0.4, 0.5) is 0 Å². The van der Waals surface area contributed by atoms with Gasteiger partial charge in [-0.3, -0.25) is 14.5 Å². The fraction of sp³-hybridized carbons (Fsp3) is 0.480. The van der Waals surface area contributed by atoms with E-state index in [1.54, 1.807) is 6.92 Å². The molecule has 6 rings (SSSR count). The lowest BCUT2D eigenvalue weighted by Gasteiger charge is -2.29. The number of amides is 1. The fourth-order valence-electron chi connectivity index (χ4n) is 5.28. The number of hydrogen-bond acceptors (Lipinski definition) is 4. The topological polar surface area (TPSA) is 63.1 Å². The van der Waals surface area contributed by atoms with Gasteiger partial charge in [-0.1, -0.05) is 18.2 Å². The predicted octanol–water partition coefficient (Wildman–Crippen LogP) is 3.80. The number of nitrogens with one attached hydrogen (secondary N) is 1. The highest BCUT2D eigenvalue weighted by atomic mass is 16.2. The van der Waals surface area contributed by atoms with Gasteiger partial charge in [0.25, 0.3) is 0 Å². The van der Waals surface area contributed by atoms with E-state index in [1.165, 1.54) is 35.2 Å². The van der Waals surface area contributed by atoms with Gasteiger partial charge in [-0.15, -0.1) is 0 Å². The van der Waals surface area contributed by atoms with Gasteiger partial charge in [0.1, 0.15) is 0 Å². The lowest BCUT2D eigenvalue weighted by atomic mass is 9.96. The first kappa shape index (κ1) is 19.0. The van der Waals surface area contributed by atoms with Crippen molar-refractivity contribution in [2.75, 3.05) is 19.6 Å². The number of benzene rings is 1. The van der Waals surface area contributed by atoms with Gasteiger partial charge in [0.2, 0.25) is 5.91 Å². The fourth-order valence-corrected chi connectivity index (χ4v) is 5.28. The Balaban J connectivity index is 1.50. The molecule has 31 heavy (non-hydrogen) atoms. The van der Waals surface area contributed by atoms with Gasteiger partial charge in [-0.05, 0) is 50.2 Å². The van der Waals surface area contributed by atoms with Gasteiger partial charge in [0, 0.05) is 66.4 Å². The number of hydrogen-bond donors (Lipinski definition) is 1.